The van der Waals surface area contributed by atoms with Gasteiger partial charge in [0.05, 0.1) is 0 Å². The molecule has 15 heavy (non-hydrogen) atoms. The fourth-order valence-electron chi connectivity index (χ4n) is 0. The largest absolute Gasteiger partial charge is 3.00 e. The number of rotatable bonds is 0. The summed E-state index contributed by atoms with van der Waals surface area (Å²) in [5.41, 5.74) is 0. The van der Waals surface area contributed by atoms with Crippen LogP contribution >= 0.6 is 15.6 Å². The minimum absolute atomic E-state index is 0. The van der Waals surface area contributed by atoms with Gasteiger partial charge in [-0.1, -0.05) is 0 Å². The molecular formula is H14FeN3O9P2. The van der Waals surface area contributed by atoms with E-state index in [0.29, 0.717) is 0 Å². The van der Waals surface area contributed by atoms with Gasteiger partial charge in [-0.05, 0) is 0 Å². The van der Waals surface area contributed by atoms with Crippen molar-refractivity contribution in [1.29, 1.82) is 0 Å². The van der Waals surface area contributed by atoms with Crippen LogP contribution in [0.15, 0.2) is 0 Å². The number of quaternary nitrogens is 3. The first-order valence-corrected chi connectivity index (χ1v) is 4.38. The van der Waals surface area contributed by atoms with Crippen molar-refractivity contribution in [1.82, 2.24) is 18.5 Å². The summed E-state index contributed by atoms with van der Waals surface area (Å²) in [6.45, 7) is 0. The Labute approximate surface area is 95.7 Å². The molecule has 1 radical (unpaired) electrons. The van der Waals surface area contributed by atoms with Crippen molar-refractivity contribution in [2.24, 2.45) is 0 Å². The van der Waals surface area contributed by atoms with E-state index in [2.05, 4.69) is 0 Å². The van der Waals surface area contributed by atoms with Crippen LogP contribution < -0.4 is 47.8 Å². The van der Waals surface area contributed by atoms with Crippen LogP contribution in [0, 0.1) is 0 Å². The van der Waals surface area contributed by atoms with Gasteiger partial charge in [0.25, 0.3) is 0 Å². The number of phosphoric acid groups is 2. The fourth-order valence-corrected chi connectivity index (χ4v) is 0. The Bertz CT molecular complexity index is 136. The Balaban J connectivity index is -0.0000000128. The topological polar surface area (TPSA) is 314 Å². The van der Waals surface area contributed by atoms with Gasteiger partial charge >= 0.3 is 17.1 Å². The zero-order chi connectivity index (χ0) is 9.00. The molecular weight excluding hydrogens is 304 g/mol. The third-order valence-corrected chi connectivity index (χ3v) is 0. The molecule has 12 nitrogen and oxygen atoms in total. The molecule has 0 heterocycles. The second kappa shape index (κ2) is 17.0. The van der Waals surface area contributed by atoms with Crippen molar-refractivity contribution in [2.45, 2.75) is 0 Å². The summed E-state index contributed by atoms with van der Waals surface area (Å²) in [6, 6.07) is 0. The van der Waals surface area contributed by atoms with Crippen molar-refractivity contribution in [3.8, 4) is 0 Å². The van der Waals surface area contributed by atoms with E-state index in [1.54, 1.807) is 0 Å². The van der Waals surface area contributed by atoms with E-state index in [0.717, 1.165) is 0 Å². The van der Waals surface area contributed by atoms with E-state index in [-0.39, 0.29) is 41.0 Å². The first-order valence-electron chi connectivity index (χ1n) is 1.46. The first-order chi connectivity index (χ1) is 4.00. The van der Waals surface area contributed by atoms with Crippen molar-refractivity contribution in [2.75, 3.05) is 0 Å². The van der Waals surface area contributed by atoms with Gasteiger partial charge in [0.1, 0.15) is 0 Å². The van der Waals surface area contributed by atoms with Gasteiger partial charge in [-0.15, -0.1) is 0 Å². The minimum Gasteiger partial charge on any atom is -0.822 e. The van der Waals surface area contributed by atoms with Crippen molar-refractivity contribution >= 4 is 15.6 Å². The monoisotopic (exact) mass is 318 g/mol. The molecule has 0 aromatic rings. The van der Waals surface area contributed by atoms with E-state index in [9.17, 15) is 0 Å². The first kappa shape index (κ1) is 45.0. The van der Waals surface area contributed by atoms with Gasteiger partial charge in [-0.25, -0.2) is 0 Å². The van der Waals surface area contributed by atoms with Crippen LogP contribution in [0.5, 0.6) is 0 Å². The van der Waals surface area contributed by atoms with Gasteiger partial charge in [-0.2, -0.15) is 15.6 Å². The molecule has 0 rings (SSSR count). The van der Waals surface area contributed by atoms with Gasteiger partial charge in [-0.3, -0.25) is 0 Å². The molecule has 14 N–H and O–H groups in total. The molecule has 0 saturated carbocycles. The summed E-state index contributed by atoms with van der Waals surface area (Å²) in [4.78, 5) is 51.3. The predicted molar refractivity (Wildman–Crippen MR) is 36.8 cm³/mol. The maximum absolute atomic E-state index is 8.55. The summed E-state index contributed by atoms with van der Waals surface area (Å²) in [5.74, 6) is 0. The zero-order valence-corrected chi connectivity index (χ0v) is 10.9. The molecule has 101 valence electrons. The van der Waals surface area contributed by atoms with Gasteiger partial charge in [0, 0.05) is 0 Å². The fraction of sp³-hybridized carbons (Fsp3) is 0. The zero-order valence-electron chi connectivity index (χ0n) is 8.01. The average molecular weight is 318 g/mol. The van der Waals surface area contributed by atoms with Crippen molar-refractivity contribution in [3.63, 3.8) is 0 Å². The van der Waals surface area contributed by atoms with Crippen LogP contribution in [0.4, 0.5) is 0 Å². The molecule has 0 unspecified atom stereocenters. The summed E-state index contributed by atoms with van der Waals surface area (Å²) in [6.07, 6.45) is 0. The van der Waals surface area contributed by atoms with Crippen LogP contribution in [0.1, 0.15) is 0 Å². The Morgan fingerprint density at radius 1 is 0.600 bits per heavy atom. The summed E-state index contributed by atoms with van der Waals surface area (Å²) >= 11 is 0. The van der Waals surface area contributed by atoms with E-state index >= 15 is 0 Å². The molecule has 0 amide bonds. The van der Waals surface area contributed by atoms with E-state index in [4.69, 9.17) is 38.5 Å². The molecule has 0 aromatic carbocycles. The van der Waals surface area contributed by atoms with E-state index in [1.807, 2.05) is 0 Å². The smallest absolute Gasteiger partial charge is 0.822 e. The van der Waals surface area contributed by atoms with Crippen molar-refractivity contribution in [3.05, 3.63) is 0 Å². The molecule has 0 atom stereocenters. The third kappa shape index (κ3) is 6870. The van der Waals surface area contributed by atoms with Gasteiger partial charge in [0.15, 0.2) is 0 Å². The quantitative estimate of drug-likeness (QED) is 0.285. The van der Waals surface area contributed by atoms with E-state index < -0.39 is 15.6 Å². The Hall–Kier alpha value is 0.579. The second-order valence-corrected chi connectivity index (χ2v) is 2.68. The van der Waals surface area contributed by atoms with Crippen LogP contribution in [0.25, 0.3) is 0 Å². The molecule has 0 aromatic heterocycles. The molecule has 0 bridgehead atoms. The standard InChI is InChI=1S/Fe.3H3N.2H3O4P.H2O/c;;;;2*1-5(2,3)4;/h;3*1H3;2*(H3,1,2,3,4);1H2/q+3;;;;;;/p-3. The Kier molecular flexibility index (Phi) is 51.0. The second-order valence-electron chi connectivity index (χ2n) is 0.894. The third-order valence-electron chi connectivity index (χ3n) is 0. The van der Waals surface area contributed by atoms with Crippen LogP contribution in [-0.2, 0) is 26.2 Å². The maximum Gasteiger partial charge on any atom is 3.00 e. The maximum atomic E-state index is 8.55. The van der Waals surface area contributed by atoms with Crippen LogP contribution in [0.2, 0.25) is 0 Å². The van der Waals surface area contributed by atoms with Crippen LogP contribution in [-0.4, -0.2) is 5.48 Å². The molecule has 0 saturated heterocycles. The normalized spacial score (nSPS) is 7.87. The Morgan fingerprint density at radius 3 is 0.600 bits per heavy atom. The molecule has 0 aliphatic heterocycles. The summed E-state index contributed by atoms with van der Waals surface area (Å²) in [5, 5.41) is 0. The summed E-state index contributed by atoms with van der Waals surface area (Å²) < 4.78 is 17.1. The summed E-state index contributed by atoms with van der Waals surface area (Å²) in [7, 11) is -10.8. The van der Waals surface area contributed by atoms with Crippen molar-refractivity contribution < 1.29 is 61.0 Å². The molecule has 0 aliphatic carbocycles. The predicted octanol–water partition coefficient (Wildman–Crippen LogP) is -5.35. The Morgan fingerprint density at radius 2 is 0.600 bits per heavy atom. The van der Waals surface area contributed by atoms with Gasteiger partial charge in [0.2, 0.25) is 0 Å². The van der Waals surface area contributed by atoms with Gasteiger partial charge < -0.3 is 62.4 Å². The minimum atomic E-state index is -5.39. The van der Waals surface area contributed by atoms with Crippen LogP contribution in [0.3, 0.4) is 0 Å². The number of hydrogen-bond acceptors (Lipinski definition) is 8. The average Bonchev–Trinajstić information content (AvgIpc) is 1.12. The molecule has 15 heteroatoms. The molecule has 0 spiro atoms. The number of hydrogen-bond donors (Lipinski definition) is 3. The molecule has 0 fully saturated rings. The van der Waals surface area contributed by atoms with E-state index in [1.165, 1.54) is 0 Å². The SMILES string of the molecule is O.O=P([O-])([O-])[O-].O=P([O-])([O-])[O-].[Fe+3].[NH4+].[NH4+].[NH4+]. The molecule has 0 aliphatic rings.